The van der Waals surface area contributed by atoms with Crippen molar-refractivity contribution >= 4 is 29.5 Å². The number of hydrazone groups is 1. The van der Waals surface area contributed by atoms with E-state index in [4.69, 9.17) is 11.5 Å². The number of para-hydroxylation sites is 1. The van der Waals surface area contributed by atoms with Gasteiger partial charge in [0, 0.05) is 5.69 Å². The number of nitrogen functional groups attached to an aromatic ring is 1. The first kappa shape index (κ1) is 22.1. The molecular formula is C20H17FN10O3. The second kappa shape index (κ2) is 9.56. The Kier molecular flexibility index (Phi) is 6.20. The number of aromatic nitrogens is 5. The minimum absolute atomic E-state index is 0.00907. The molecule has 6 N–H and O–H groups in total. The van der Waals surface area contributed by atoms with Crippen molar-refractivity contribution in [3.8, 4) is 5.82 Å². The van der Waals surface area contributed by atoms with Crippen molar-refractivity contribution in [1.29, 1.82) is 0 Å². The number of carbonyl (C=O) groups is 2. The number of nitrogens with two attached hydrogens (primary N) is 2. The summed E-state index contributed by atoms with van der Waals surface area (Å²) in [6.45, 7) is -0.0417. The highest BCUT2D eigenvalue weighted by Crippen LogP contribution is 2.19. The van der Waals surface area contributed by atoms with E-state index in [2.05, 4.69) is 41.1 Å². The maximum Gasteiger partial charge on any atom is 0.293 e. The van der Waals surface area contributed by atoms with Gasteiger partial charge < -0.3 is 16.8 Å². The molecular weight excluding hydrogens is 447 g/mol. The van der Waals surface area contributed by atoms with Gasteiger partial charge in [0.05, 0.1) is 24.0 Å². The summed E-state index contributed by atoms with van der Waals surface area (Å²) >= 11 is 0. The molecule has 0 radical (unpaired) electrons. The average Bonchev–Trinajstić information content (AvgIpc) is 3.43. The third kappa shape index (κ3) is 4.69. The van der Waals surface area contributed by atoms with E-state index in [1.807, 2.05) is 0 Å². The van der Waals surface area contributed by atoms with Crippen LogP contribution in [0.2, 0.25) is 0 Å². The van der Waals surface area contributed by atoms with Crippen LogP contribution < -0.4 is 22.2 Å². The topological polar surface area (TPSA) is 192 Å². The SMILES string of the molecule is NC(=O)c1ccccc1NCc1c(C(=O)NN=Cc2cccc(F)c2)nnn1-c1nonc1N. The fourth-order valence-corrected chi connectivity index (χ4v) is 2.98. The van der Waals surface area contributed by atoms with E-state index >= 15 is 0 Å². The van der Waals surface area contributed by atoms with E-state index in [1.54, 1.807) is 30.3 Å². The van der Waals surface area contributed by atoms with Gasteiger partial charge in [0.25, 0.3) is 11.8 Å². The van der Waals surface area contributed by atoms with Crippen LogP contribution in [0.25, 0.3) is 5.82 Å². The van der Waals surface area contributed by atoms with Gasteiger partial charge in [0.15, 0.2) is 5.69 Å². The Morgan fingerprint density at radius 2 is 2.00 bits per heavy atom. The van der Waals surface area contributed by atoms with Crippen LogP contribution in [0, 0.1) is 5.82 Å². The lowest BCUT2D eigenvalue weighted by Crippen LogP contribution is -2.22. The summed E-state index contributed by atoms with van der Waals surface area (Å²) in [5, 5.41) is 21.8. The first-order valence-electron chi connectivity index (χ1n) is 9.68. The summed E-state index contributed by atoms with van der Waals surface area (Å²) in [6.07, 6.45) is 1.27. The van der Waals surface area contributed by atoms with Crippen molar-refractivity contribution in [1.82, 2.24) is 30.7 Å². The number of nitrogens with zero attached hydrogens (tertiary/aromatic N) is 6. The maximum atomic E-state index is 13.3. The highest BCUT2D eigenvalue weighted by molar-refractivity contribution is 5.98. The first-order valence-corrected chi connectivity index (χ1v) is 9.68. The lowest BCUT2D eigenvalue weighted by molar-refractivity contribution is 0.0947. The molecule has 34 heavy (non-hydrogen) atoms. The van der Waals surface area contributed by atoms with Gasteiger partial charge in [-0.2, -0.15) is 9.78 Å². The minimum Gasteiger partial charge on any atom is -0.379 e. The molecule has 2 amide bonds. The smallest absolute Gasteiger partial charge is 0.293 e. The number of primary amides is 1. The molecule has 2 heterocycles. The first-order chi connectivity index (χ1) is 16.4. The molecule has 0 aliphatic rings. The Bertz CT molecular complexity index is 1380. The van der Waals surface area contributed by atoms with Crippen LogP contribution >= 0.6 is 0 Å². The second-order valence-electron chi connectivity index (χ2n) is 6.79. The number of hydrogen-bond acceptors (Lipinski definition) is 10. The quantitative estimate of drug-likeness (QED) is 0.216. The number of benzene rings is 2. The molecule has 4 aromatic rings. The normalized spacial score (nSPS) is 11.0. The molecule has 4 rings (SSSR count). The van der Waals surface area contributed by atoms with E-state index in [9.17, 15) is 14.0 Å². The van der Waals surface area contributed by atoms with E-state index in [0.29, 0.717) is 11.3 Å². The van der Waals surface area contributed by atoms with Crippen molar-refractivity contribution < 1.29 is 18.6 Å². The molecule has 0 aliphatic heterocycles. The zero-order valence-electron chi connectivity index (χ0n) is 17.3. The Labute approximate surface area is 190 Å². The molecule has 0 saturated carbocycles. The molecule has 0 spiro atoms. The average molecular weight is 464 g/mol. The highest BCUT2D eigenvalue weighted by Gasteiger charge is 2.24. The van der Waals surface area contributed by atoms with Gasteiger partial charge in [-0.1, -0.05) is 29.5 Å². The van der Waals surface area contributed by atoms with Crippen molar-refractivity contribution in [2.24, 2.45) is 10.8 Å². The number of carbonyl (C=O) groups excluding carboxylic acids is 2. The Morgan fingerprint density at radius 3 is 2.74 bits per heavy atom. The maximum absolute atomic E-state index is 13.3. The summed E-state index contributed by atoms with van der Waals surface area (Å²) in [7, 11) is 0. The van der Waals surface area contributed by atoms with E-state index in [1.165, 1.54) is 24.4 Å². The van der Waals surface area contributed by atoms with Gasteiger partial charge in [-0.3, -0.25) is 9.59 Å². The van der Waals surface area contributed by atoms with Gasteiger partial charge in [-0.15, -0.1) is 5.10 Å². The van der Waals surface area contributed by atoms with Crippen LogP contribution in [0.1, 0.15) is 32.1 Å². The number of amides is 2. The summed E-state index contributed by atoms with van der Waals surface area (Å²) in [5.41, 5.74) is 14.7. The second-order valence-corrected chi connectivity index (χ2v) is 6.79. The van der Waals surface area contributed by atoms with Crippen molar-refractivity contribution in [2.75, 3.05) is 11.1 Å². The van der Waals surface area contributed by atoms with Crippen molar-refractivity contribution in [3.05, 3.63) is 76.9 Å². The zero-order valence-corrected chi connectivity index (χ0v) is 17.3. The molecule has 2 aromatic carbocycles. The number of halogens is 1. The van der Waals surface area contributed by atoms with Gasteiger partial charge in [0.1, 0.15) is 5.82 Å². The largest absolute Gasteiger partial charge is 0.379 e. The molecule has 2 aromatic heterocycles. The number of nitrogens with one attached hydrogen (secondary N) is 2. The lowest BCUT2D eigenvalue weighted by Gasteiger charge is -2.11. The van der Waals surface area contributed by atoms with E-state index in [-0.39, 0.29) is 35.1 Å². The van der Waals surface area contributed by atoms with Crippen molar-refractivity contribution in [2.45, 2.75) is 6.54 Å². The predicted octanol–water partition coefficient (Wildman–Crippen LogP) is 0.847. The Morgan fingerprint density at radius 1 is 1.18 bits per heavy atom. The zero-order chi connectivity index (χ0) is 24.1. The van der Waals surface area contributed by atoms with Crippen LogP contribution in [0.3, 0.4) is 0 Å². The van der Waals surface area contributed by atoms with Crippen LogP contribution in [-0.2, 0) is 6.54 Å². The standard InChI is InChI=1S/C20H17FN10O3/c21-12-5-3-4-11(8-12)9-25-27-20(33)16-15(31(30-26-16)19-17(22)28-34-29-19)10-24-14-7-2-1-6-13(14)18(23)32/h1-9,24H,10H2,(H2,22,28)(H2,23,32)(H,27,33). The molecule has 0 bridgehead atoms. The third-order valence-electron chi connectivity index (χ3n) is 4.54. The van der Waals surface area contributed by atoms with Crippen LogP contribution in [-0.4, -0.2) is 43.3 Å². The number of anilines is 2. The Balaban J connectivity index is 1.61. The summed E-state index contributed by atoms with van der Waals surface area (Å²) in [6, 6.07) is 12.2. The third-order valence-corrected chi connectivity index (χ3v) is 4.54. The van der Waals surface area contributed by atoms with Crippen molar-refractivity contribution in [3.63, 3.8) is 0 Å². The van der Waals surface area contributed by atoms with E-state index in [0.717, 1.165) is 4.68 Å². The monoisotopic (exact) mass is 464 g/mol. The number of hydrogen-bond donors (Lipinski definition) is 4. The Hall–Kier alpha value is -5.14. The molecule has 13 nitrogen and oxygen atoms in total. The summed E-state index contributed by atoms with van der Waals surface area (Å²) < 4.78 is 19.1. The highest BCUT2D eigenvalue weighted by atomic mass is 19.1. The lowest BCUT2D eigenvalue weighted by atomic mass is 10.1. The molecule has 0 unspecified atom stereocenters. The van der Waals surface area contributed by atoms with Crippen LogP contribution in [0.15, 0.2) is 58.3 Å². The molecule has 172 valence electrons. The molecule has 14 heteroatoms. The molecule has 0 saturated heterocycles. The predicted molar refractivity (Wildman–Crippen MR) is 117 cm³/mol. The van der Waals surface area contributed by atoms with Gasteiger partial charge in [-0.05, 0) is 40.1 Å². The fraction of sp³-hybridized carbons (Fsp3) is 0.0500. The number of rotatable bonds is 8. The van der Waals surface area contributed by atoms with Gasteiger partial charge in [0.2, 0.25) is 11.6 Å². The van der Waals surface area contributed by atoms with Gasteiger partial charge >= 0.3 is 0 Å². The molecule has 0 atom stereocenters. The summed E-state index contributed by atoms with van der Waals surface area (Å²) in [5.74, 6) is -1.87. The van der Waals surface area contributed by atoms with Gasteiger partial charge in [-0.25, -0.2) is 14.4 Å². The van der Waals surface area contributed by atoms with Crippen LogP contribution in [0.4, 0.5) is 15.9 Å². The molecule has 0 aliphatic carbocycles. The van der Waals surface area contributed by atoms with E-state index < -0.39 is 17.6 Å². The van der Waals surface area contributed by atoms with Crippen LogP contribution in [0.5, 0.6) is 0 Å². The fourth-order valence-electron chi connectivity index (χ4n) is 2.98. The minimum atomic E-state index is -0.714. The molecule has 0 fully saturated rings. The summed E-state index contributed by atoms with van der Waals surface area (Å²) in [4.78, 5) is 24.5.